The Labute approximate surface area is 131 Å². The third kappa shape index (κ3) is 3.07. The minimum absolute atomic E-state index is 0.151. The van der Waals surface area contributed by atoms with Crippen LogP contribution in [-0.2, 0) is 14.3 Å². The SMILES string of the molecule is COC(=O)c1sccc1NC(=O)C1(C(N)=S)CCOCC1. The highest BCUT2D eigenvalue weighted by Gasteiger charge is 2.43. The molecule has 1 amide bonds. The van der Waals surface area contributed by atoms with Gasteiger partial charge in [-0.05, 0) is 24.3 Å². The number of hydrogen-bond acceptors (Lipinski definition) is 6. The largest absolute Gasteiger partial charge is 0.465 e. The fourth-order valence-corrected chi connectivity index (χ4v) is 3.27. The molecule has 0 saturated carbocycles. The van der Waals surface area contributed by atoms with Crippen LogP contribution in [0.3, 0.4) is 0 Å². The van der Waals surface area contributed by atoms with Crippen LogP contribution in [0, 0.1) is 5.41 Å². The monoisotopic (exact) mass is 328 g/mol. The number of esters is 1. The van der Waals surface area contributed by atoms with E-state index in [1.807, 2.05) is 0 Å². The van der Waals surface area contributed by atoms with Gasteiger partial charge in [0.1, 0.15) is 10.3 Å². The summed E-state index contributed by atoms with van der Waals surface area (Å²) < 4.78 is 9.96. The molecule has 1 aliphatic heterocycles. The Morgan fingerprint density at radius 2 is 2.14 bits per heavy atom. The van der Waals surface area contributed by atoms with E-state index in [1.165, 1.54) is 18.4 Å². The van der Waals surface area contributed by atoms with Crippen LogP contribution in [0.25, 0.3) is 0 Å². The molecule has 6 nitrogen and oxygen atoms in total. The summed E-state index contributed by atoms with van der Waals surface area (Å²) in [6, 6.07) is 1.65. The molecule has 114 valence electrons. The van der Waals surface area contributed by atoms with E-state index in [4.69, 9.17) is 22.7 Å². The van der Waals surface area contributed by atoms with Gasteiger partial charge >= 0.3 is 5.97 Å². The van der Waals surface area contributed by atoms with Crippen LogP contribution in [0.5, 0.6) is 0 Å². The van der Waals surface area contributed by atoms with Crippen molar-refractivity contribution in [2.45, 2.75) is 12.8 Å². The summed E-state index contributed by atoms with van der Waals surface area (Å²) in [7, 11) is 1.29. The Kier molecular flexibility index (Phi) is 4.92. The van der Waals surface area contributed by atoms with Gasteiger partial charge in [-0.25, -0.2) is 4.79 Å². The molecule has 8 heteroatoms. The number of amides is 1. The van der Waals surface area contributed by atoms with Crippen LogP contribution in [0.2, 0.25) is 0 Å². The number of hydrogen-bond donors (Lipinski definition) is 2. The Hall–Kier alpha value is -1.51. The Morgan fingerprint density at radius 3 is 2.71 bits per heavy atom. The first-order valence-corrected chi connectivity index (χ1v) is 7.65. The van der Waals surface area contributed by atoms with Crippen molar-refractivity contribution in [1.82, 2.24) is 0 Å². The van der Waals surface area contributed by atoms with E-state index in [-0.39, 0.29) is 10.9 Å². The molecule has 3 N–H and O–H groups in total. The van der Waals surface area contributed by atoms with Crippen molar-refractivity contribution in [1.29, 1.82) is 0 Å². The van der Waals surface area contributed by atoms with Gasteiger partial charge in [-0.1, -0.05) is 12.2 Å². The molecule has 0 aliphatic carbocycles. The number of nitrogens with two attached hydrogens (primary N) is 1. The van der Waals surface area contributed by atoms with E-state index in [0.717, 1.165) is 0 Å². The van der Waals surface area contributed by atoms with Gasteiger partial charge < -0.3 is 20.5 Å². The first-order chi connectivity index (χ1) is 10.0. The van der Waals surface area contributed by atoms with E-state index in [2.05, 4.69) is 10.1 Å². The third-order valence-electron chi connectivity index (χ3n) is 3.54. The van der Waals surface area contributed by atoms with Gasteiger partial charge in [0, 0.05) is 13.2 Å². The van der Waals surface area contributed by atoms with Gasteiger partial charge in [0.2, 0.25) is 5.91 Å². The molecule has 1 saturated heterocycles. The number of rotatable bonds is 4. The molecule has 0 bridgehead atoms. The number of thiocarbonyl (C=S) groups is 1. The minimum atomic E-state index is -0.928. The van der Waals surface area contributed by atoms with E-state index in [0.29, 0.717) is 36.6 Å². The maximum absolute atomic E-state index is 12.6. The van der Waals surface area contributed by atoms with Crippen molar-refractivity contribution in [3.63, 3.8) is 0 Å². The molecule has 1 fully saturated rings. The summed E-state index contributed by atoms with van der Waals surface area (Å²) in [5.74, 6) is -0.793. The van der Waals surface area contributed by atoms with Gasteiger partial charge in [0.25, 0.3) is 0 Å². The molecule has 1 aliphatic rings. The number of thiophene rings is 1. The van der Waals surface area contributed by atoms with E-state index < -0.39 is 11.4 Å². The average molecular weight is 328 g/mol. The molecule has 0 unspecified atom stereocenters. The van der Waals surface area contributed by atoms with Gasteiger partial charge in [0.15, 0.2) is 0 Å². The zero-order valence-corrected chi connectivity index (χ0v) is 13.1. The maximum atomic E-state index is 12.6. The Morgan fingerprint density at radius 1 is 1.48 bits per heavy atom. The van der Waals surface area contributed by atoms with Gasteiger partial charge in [0.05, 0.1) is 17.8 Å². The summed E-state index contributed by atoms with van der Waals surface area (Å²) in [5.41, 5.74) is 5.27. The lowest BCUT2D eigenvalue weighted by Gasteiger charge is -2.34. The molecule has 1 aromatic heterocycles. The van der Waals surface area contributed by atoms with Crippen LogP contribution >= 0.6 is 23.6 Å². The number of ether oxygens (including phenoxy) is 2. The molecule has 0 radical (unpaired) electrons. The summed E-state index contributed by atoms with van der Waals surface area (Å²) in [6.45, 7) is 0.858. The number of nitrogens with one attached hydrogen (secondary N) is 1. The first kappa shape index (κ1) is 15.9. The number of carbonyl (C=O) groups excluding carboxylic acids is 2. The predicted octanol–water partition coefficient (Wildman–Crippen LogP) is 1.56. The summed E-state index contributed by atoms with van der Waals surface area (Å²) in [5, 5.41) is 4.45. The van der Waals surface area contributed by atoms with Crippen LogP contribution in [0.15, 0.2) is 11.4 Å². The quantitative estimate of drug-likeness (QED) is 0.644. The summed E-state index contributed by atoms with van der Waals surface area (Å²) in [6.07, 6.45) is 0.873. The van der Waals surface area contributed by atoms with Crippen molar-refractivity contribution in [3.8, 4) is 0 Å². The Bertz CT molecular complexity index is 564. The van der Waals surface area contributed by atoms with Crippen molar-refractivity contribution in [2.75, 3.05) is 25.6 Å². The second kappa shape index (κ2) is 6.50. The molecule has 2 heterocycles. The molecular weight excluding hydrogens is 312 g/mol. The zero-order valence-electron chi connectivity index (χ0n) is 11.5. The van der Waals surface area contributed by atoms with E-state index in [1.54, 1.807) is 11.4 Å². The standard InChI is InChI=1S/C13H16N2O4S2/c1-18-10(16)9-8(2-7-21-9)15-12(17)13(11(14)20)3-5-19-6-4-13/h2,7H,3-6H2,1H3,(H2,14,20)(H,15,17). The fourth-order valence-electron chi connectivity index (χ4n) is 2.21. The summed E-state index contributed by atoms with van der Waals surface area (Å²) >= 11 is 6.28. The van der Waals surface area contributed by atoms with Crippen molar-refractivity contribution in [3.05, 3.63) is 16.3 Å². The van der Waals surface area contributed by atoms with Crippen LogP contribution < -0.4 is 11.1 Å². The fraction of sp³-hybridized carbons (Fsp3) is 0.462. The van der Waals surface area contributed by atoms with Crippen molar-refractivity contribution >= 4 is 46.1 Å². The molecule has 0 aromatic carbocycles. The lowest BCUT2D eigenvalue weighted by atomic mass is 9.79. The molecule has 1 aromatic rings. The third-order valence-corrected chi connectivity index (χ3v) is 4.82. The van der Waals surface area contributed by atoms with Gasteiger partial charge in [-0.3, -0.25) is 4.79 Å². The Balaban J connectivity index is 2.22. The second-order valence-corrected chi connectivity index (χ2v) is 6.02. The number of carbonyl (C=O) groups is 2. The lowest BCUT2D eigenvalue weighted by Crippen LogP contribution is -2.49. The highest BCUT2D eigenvalue weighted by atomic mass is 32.1. The van der Waals surface area contributed by atoms with E-state index >= 15 is 0 Å². The molecule has 2 rings (SSSR count). The summed E-state index contributed by atoms with van der Waals surface area (Å²) in [4.78, 5) is 24.7. The van der Waals surface area contributed by atoms with Crippen molar-refractivity contribution < 1.29 is 19.1 Å². The molecule has 0 atom stereocenters. The molecular formula is C13H16N2O4S2. The second-order valence-electron chi connectivity index (χ2n) is 4.67. The van der Waals surface area contributed by atoms with Gasteiger partial charge in [-0.15, -0.1) is 11.3 Å². The molecule has 21 heavy (non-hydrogen) atoms. The van der Waals surface area contributed by atoms with Crippen LogP contribution in [-0.4, -0.2) is 37.2 Å². The topological polar surface area (TPSA) is 90.7 Å². The zero-order chi connectivity index (χ0) is 15.5. The maximum Gasteiger partial charge on any atom is 0.350 e. The normalized spacial score (nSPS) is 17.0. The number of methoxy groups -OCH3 is 1. The predicted molar refractivity (Wildman–Crippen MR) is 83.6 cm³/mol. The highest BCUT2D eigenvalue weighted by molar-refractivity contribution is 7.80. The van der Waals surface area contributed by atoms with E-state index in [9.17, 15) is 9.59 Å². The highest BCUT2D eigenvalue weighted by Crippen LogP contribution is 2.34. The number of anilines is 1. The van der Waals surface area contributed by atoms with Crippen molar-refractivity contribution in [2.24, 2.45) is 11.1 Å². The van der Waals surface area contributed by atoms with Gasteiger partial charge in [-0.2, -0.15) is 0 Å². The van der Waals surface area contributed by atoms with Crippen LogP contribution in [0.1, 0.15) is 22.5 Å². The first-order valence-electron chi connectivity index (χ1n) is 6.36. The smallest absolute Gasteiger partial charge is 0.350 e. The van der Waals surface area contributed by atoms with Crippen LogP contribution in [0.4, 0.5) is 5.69 Å². The minimum Gasteiger partial charge on any atom is -0.465 e. The average Bonchev–Trinajstić information content (AvgIpc) is 2.95. The lowest BCUT2D eigenvalue weighted by molar-refractivity contribution is -0.126. The molecule has 0 spiro atoms.